The molecule has 0 radical (unpaired) electrons. The van der Waals surface area contributed by atoms with Crippen molar-refractivity contribution in [3.05, 3.63) is 35.5 Å². The van der Waals surface area contributed by atoms with Crippen molar-refractivity contribution < 1.29 is 0 Å². The maximum absolute atomic E-state index is 2.22. The van der Waals surface area contributed by atoms with Gasteiger partial charge in [0.25, 0.3) is 0 Å². The summed E-state index contributed by atoms with van der Waals surface area (Å²) in [5.41, 5.74) is 2.70. The lowest BCUT2D eigenvalue weighted by Gasteiger charge is -2.10. The molecule has 1 nitrogen and oxygen atoms in total. The Morgan fingerprint density at radius 2 is 1.85 bits per heavy atom. The second-order valence-corrected chi connectivity index (χ2v) is 3.73. The lowest BCUT2D eigenvalue weighted by molar-refractivity contribution is 0.449. The van der Waals surface area contributed by atoms with Crippen LogP contribution in [-0.4, -0.2) is 25.5 Å². The van der Waals surface area contributed by atoms with Gasteiger partial charge in [-0.1, -0.05) is 29.9 Å². The monoisotopic (exact) mass is 179 g/mol. The minimum atomic E-state index is 0.996. The van der Waals surface area contributed by atoms with Crippen molar-refractivity contribution in [3.63, 3.8) is 0 Å². The van der Waals surface area contributed by atoms with Crippen LogP contribution < -0.4 is 0 Å². The van der Waals surface area contributed by atoms with E-state index in [1.807, 2.05) is 6.92 Å². The van der Waals surface area contributed by atoms with Gasteiger partial charge < -0.3 is 4.90 Å². The van der Waals surface area contributed by atoms with Gasteiger partial charge in [0, 0.05) is 6.54 Å². The molecule has 1 heteroatoms. The SMILES string of the molecule is C/C=C/C=C(\C=C(C)C)CN(C)C. The van der Waals surface area contributed by atoms with Gasteiger partial charge in [0.05, 0.1) is 0 Å². The summed E-state index contributed by atoms with van der Waals surface area (Å²) in [7, 11) is 4.17. The quantitative estimate of drug-likeness (QED) is 0.600. The lowest BCUT2D eigenvalue weighted by atomic mass is 10.1. The fourth-order valence-corrected chi connectivity index (χ4v) is 1.10. The summed E-state index contributed by atoms with van der Waals surface area (Å²) in [4.78, 5) is 2.18. The van der Waals surface area contributed by atoms with Crippen LogP contribution in [0, 0.1) is 0 Å². The van der Waals surface area contributed by atoms with Crippen LogP contribution in [-0.2, 0) is 0 Å². The number of hydrogen-bond acceptors (Lipinski definition) is 1. The molecule has 0 atom stereocenters. The third kappa shape index (κ3) is 7.54. The standard InChI is InChI=1S/C12H21N/c1-6-7-8-12(9-11(2)3)10-13(4)5/h6-9H,10H2,1-5H3/b7-6+,12-8+. The van der Waals surface area contributed by atoms with Crippen LogP contribution in [0.25, 0.3) is 0 Å². The van der Waals surface area contributed by atoms with E-state index in [1.165, 1.54) is 11.1 Å². The van der Waals surface area contributed by atoms with Crippen LogP contribution in [0.5, 0.6) is 0 Å². The molecule has 0 rings (SSSR count). The van der Waals surface area contributed by atoms with E-state index in [-0.39, 0.29) is 0 Å². The number of rotatable bonds is 4. The molecule has 0 amide bonds. The fraction of sp³-hybridized carbons (Fsp3) is 0.500. The van der Waals surface area contributed by atoms with E-state index >= 15 is 0 Å². The van der Waals surface area contributed by atoms with Gasteiger partial charge in [-0.2, -0.15) is 0 Å². The second kappa shape index (κ2) is 6.67. The first-order valence-corrected chi connectivity index (χ1v) is 4.67. The van der Waals surface area contributed by atoms with Crippen LogP contribution in [0.2, 0.25) is 0 Å². The van der Waals surface area contributed by atoms with Gasteiger partial charge in [-0.25, -0.2) is 0 Å². The van der Waals surface area contributed by atoms with Crippen molar-refractivity contribution in [2.45, 2.75) is 20.8 Å². The molecule has 0 saturated heterocycles. The van der Waals surface area contributed by atoms with Crippen molar-refractivity contribution in [2.75, 3.05) is 20.6 Å². The van der Waals surface area contributed by atoms with Crippen LogP contribution in [0.1, 0.15) is 20.8 Å². The van der Waals surface area contributed by atoms with Crippen molar-refractivity contribution in [1.29, 1.82) is 0 Å². The highest BCUT2D eigenvalue weighted by molar-refractivity contribution is 5.27. The molecule has 74 valence electrons. The summed E-state index contributed by atoms with van der Waals surface area (Å²) >= 11 is 0. The molecule has 0 aliphatic heterocycles. The first kappa shape index (κ1) is 12.2. The van der Waals surface area contributed by atoms with E-state index in [9.17, 15) is 0 Å². The van der Waals surface area contributed by atoms with E-state index in [0.717, 1.165) is 6.54 Å². The summed E-state index contributed by atoms with van der Waals surface area (Å²) < 4.78 is 0. The van der Waals surface area contributed by atoms with E-state index in [2.05, 4.69) is 57.1 Å². The lowest BCUT2D eigenvalue weighted by Crippen LogP contribution is -2.14. The molecule has 13 heavy (non-hydrogen) atoms. The highest BCUT2D eigenvalue weighted by Crippen LogP contribution is 2.03. The van der Waals surface area contributed by atoms with E-state index < -0.39 is 0 Å². The van der Waals surface area contributed by atoms with Gasteiger partial charge in [-0.05, 0) is 40.4 Å². The molecule has 0 spiro atoms. The van der Waals surface area contributed by atoms with Gasteiger partial charge in [0.2, 0.25) is 0 Å². The summed E-state index contributed by atoms with van der Waals surface area (Å²) in [6.45, 7) is 7.28. The smallest absolute Gasteiger partial charge is 0.0227 e. The Balaban J connectivity index is 4.46. The molecule has 0 N–H and O–H groups in total. The molecule has 0 fully saturated rings. The highest BCUT2D eigenvalue weighted by Gasteiger charge is 1.94. The van der Waals surface area contributed by atoms with E-state index in [4.69, 9.17) is 0 Å². The molecule has 0 aliphatic rings. The second-order valence-electron chi connectivity index (χ2n) is 3.73. The number of hydrogen-bond donors (Lipinski definition) is 0. The van der Waals surface area contributed by atoms with Crippen LogP contribution in [0.3, 0.4) is 0 Å². The van der Waals surface area contributed by atoms with Crippen LogP contribution in [0.15, 0.2) is 35.5 Å². The van der Waals surface area contributed by atoms with Gasteiger partial charge in [0.15, 0.2) is 0 Å². The predicted octanol–water partition coefficient (Wildman–Crippen LogP) is 3.02. The number of likely N-dealkylation sites (N-methyl/N-ethyl adjacent to an activating group) is 1. The fourth-order valence-electron chi connectivity index (χ4n) is 1.10. The Kier molecular flexibility index (Phi) is 6.25. The average Bonchev–Trinajstić information content (AvgIpc) is 1.98. The third-order valence-corrected chi connectivity index (χ3v) is 1.48. The molecule has 0 bridgehead atoms. The highest BCUT2D eigenvalue weighted by atomic mass is 15.0. The zero-order chi connectivity index (χ0) is 10.3. The van der Waals surface area contributed by atoms with Crippen LogP contribution in [0.4, 0.5) is 0 Å². The van der Waals surface area contributed by atoms with Crippen LogP contribution >= 0.6 is 0 Å². The summed E-state index contributed by atoms with van der Waals surface area (Å²) in [5.74, 6) is 0. The Morgan fingerprint density at radius 1 is 1.23 bits per heavy atom. The Morgan fingerprint density at radius 3 is 2.23 bits per heavy atom. The zero-order valence-electron chi connectivity index (χ0n) is 9.46. The van der Waals surface area contributed by atoms with Gasteiger partial charge in [-0.3, -0.25) is 0 Å². The first-order valence-electron chi connectivity index (χ1n) is 4.67. The molecular formula is C12H21N. The normalized spacial score (nSPS) is 12.6. The van der Waals surface area contributed by atoms with Gasteiger partial charge in [-0.15, -0.1) is 0 Å². The van der Waals surface area contributed by atoms with Gasteiger partial charge >= 0.3 is 0 Å². The minimum absolute atomic E-state index is 0.996. The topological polar surface area (TPSA) is 3.24 Å². The van der Waals surface area contributed by atoms with E-state index in [0.29, 0.717) is 0 Å². The zero-order valence-corrected chi connectivity index (χ0v) is 9.46. The molecule has 0 aliphatic carbocycles. The maximum Gasteiger partial charge on any atom is 0.0227 e. The maximum atomic E-state index is 2.22. The predicted molar refractivity (Wildman–Crippen MR) is 60.9 cm³/mol. The summed E-state index contributed by atoms with van der Waals surface area (Å²) in [5, 5.41) is 0. The summed E-state index contributed by atoms with van der Waals surface area (Å²) in [6, 6.07) is 0. The Labute approximate surface area is 82.4 Å². The Hall–Kier alpha value is -0.820. The minimum Gasteiger partial charge on any atom is -0.305 e. The molecule has 0 unspecified atom stereocenters. The Bertz CT molecular complexity index is 215. The van der Waals surface area contributed by atoms with Crippen molar-refractivity contribution in [3.8, 4) is 0 Å². The largest absolute Gasteiger partial charge is 0.305 e. The first-order chi connectivity index (χ1) is 6.06. The molecule has 0 heterocycles. The molecule has 0 saturated carbocycles. The number of nitrogens with zero attached hydrogens (tertiary/aromatic N) is 1. The van der Waals surface area contributed by atoms with Crippen molar-refractivity contribution >= 4 is 0 Å². The molecule has 0 aromatic carbocycles. The molecular weight excluding hydrogens is 158 g/mol. The van der Waals surface area contributed by atoms with Crippen molar-refractivity contribution in [1.82, 2.24) is 4.90 Å². The van der Waals surface area contributed by atoms with Crippen molar-refractivity contribution in [2.24, 2.45) is 0 Å². The van der Waals surface area contributed by atoms with E-state index in [1.54, 1.807) is 0 Å². The average molecular weight is 179 g/mol. The number of allylic oxidation sites excluding steroid dienone is 4. The summed E-state index contributed by atoms with van der Waals surface area (Å²) in [6.07, 6.45) is 8.51. The third-order valence-electron chi connectivity index (χ3n) is 1.48. The molecule has 0 aromatic heterocycles. The van der Waals surface area contributed by atoms with Gasteiger partial charge in [0.1, 0.15) is 0 Å². The molecule has 0 aromatic rings.